The smallest absolute Gasteiger partial charge is 0.216 e. The number of pyridine rings is 6. The van der Waals surface area contributed by atoms with Crippen molar-refractivity contribution in [3.8, 4) is 44.9 Å². The molecule has 1 fully saturated rings. The Labute approximate surface area is 886 Å². The van der Waals surface area contributed by atoms with Crippen LogP contribution < -0.4 is 0 Å². The summed E-state index contributed by atoms with van der Waals surface area (Å²) < 4.78 is 18.5. The second kappa shape index (κ2) is 52.4. The number of benzene rings is 10. The molecule has 18 heteroatoms. The minimum atomic E-state index is 0. The summed E-state index contributed by atoms with van der Waals surface area (Å²) in [6, 6.07) is 89.9. The van der Waals surface area contributed by atoms with Crippen molar-refractivity contribution >= 4 is 149 Å². The number of ketones is 3. The number of carbonyl (C=O) groups excluding carboxylic acids is 3. The Bertz CT molecular complexity index is 7610. The Hall–Kier alpha value is -12.4. The standard InChI is InChI=1S/C30H17N2O.C29H21N2O.C28H21N2O.3C13H24O2.3Ir/c1-2-8-19(9-3-1)25-18-27(32-26-16-15-20-10-4-5-11-21(20)28(25)26)24-13-6-12-22-23-14-7-17-31-30(23)33-29(22)24;1-2-8-18(7-1)24-17-26(31-25-15-14-19-9-3-4-10-20(19)27(24)25)23-12-5-11-21-22-13-6-16-30-29(22)32-28(21)23;1-17(2)15-19-16-25(30-24-13-12-18-7-3-4-8-20(18)26(19)24)23-10-5-9-21-22-11-6-14-29-28(22)31-27(21)23;3*1-5-10(6-2)12(14)9-13(15)11(7-3)8-4;;;/h1-12,14-18H;3-6,9-11,13-18H,1-2,7-8H2;3-9,11-14,16-17H,15H2,1-2H3;3*9-11,14H,5-8H2,1-4H3;;;/q3*-1;;;;;;. The van der Waals surface area contributed by atoms with E-state index in [9.17, 15) is 29.7 Å². The van der Waals surface area contributed by atoms with Gasteiger partial charge >= 0.3 is 0 Å². The normalized spacial score (nSPS) is 12.5. The predicted octanol–water partition coefficient (Wildman–Crippen LogP) is 34.6. The largest absolute Gasteiger partial charge is 0.512 e. The van der Waals surface area contributed by atoms with Gasteiger partial charge in [-0.2, -0.15) is 0 Å². The Balaban J connectivity index is 0.000000159. The average molecular weight is 2450 g/mol. The third-order valence-electron chi connectivity index (χ3n) is 28.4. The molecule has 0 spiro atoms. The Morgan fingerprint density at radius 2 is 0.660 bits per heavy atom. The van der Waals surface area contributed by atoms with Gasteiger partial charge in [-0.15, -0.1) is 54.6 Å². The summed E-state index contributed by atoms with van der Waals surface area (Å²) in [7, 11) is 0. The van der Waals surface area contributed by atoms with Crippen molar-refractivity contribution in [3.63, 3.8) is 0 Å². The van der Waals surface area contributed by atoms with Crippen LogP contribution in [0, 0.1) is 59.6 Å². The first-order valence-electron chi connectivity index (χ1n) is 51.1. The maximum atomic E-state index is 11.7. The summed E-state index contributed by atoms with van der Waals surface area (Å²) in [6.07, 6.45) is 26.1. The number of aliphatic hydroxyl groups is 3. The first-order valence-corrected chi connectivity index (χ1v) is 51.1. The maximum Gasteiger partial charge on any atom is 0.216 e. The molecule has 0 amide bonds. The number of carbonyl (C=O) groups is 3. The van der Waals surface area contributed by atoms with Crippen LogP contribution in [0.2, 0.25) is 0 Å². The van der Waals surface area contributed by atoms with Gasteiger partial charge in [0, 0.05) is 165 Å². The van der Waals surface area contributed by atoms with E-state index in [0.717, 1.165) is 199 Å². The molecule has 0 saturated heterocycles. The number of nitrogens with zero attached hydrogens (tertiary/aromatic N) is 6. The van der Waals surface area contributed by atoms with Crippen molar-refractivity contribution in [2.75, 3.05) is 0 Å². The molecule has 0 aliphatic heterocycles. The van der Waals surface area contributed by atoms with Crippen LogP contribution in [0.1, 0.15) is 217 Å². The van der Waals surface area contributed by atoms with E-state index in [1.165, 1.54) is 98.1 Å². The molecule has 0 unspecified atom stereocenters. The third-order valence-corrected chi connectivity index (χ3v) is 28.4. The monoisotopic (exact) mass is 2450 g/mol. The van der Waals surface area contributed by atoms with Crippen LogP contribution in [-0.2, 0) is 81.1 Å². The van der Waals surface area contributed by atoms with Crippen LogP contribution in [-0.4, -0.2) is 62.6 Å². The van der Waals surface area contributed by atoms with Crippen molar-refractivity contribution in [1.82, 2.24) is 29.9 Å². The van der Waals surface area contributed by atoms with Gasteiger partial charge < -0.3 is 28.6 Å². The van der Waals surface area contributed by atoms with Gasteiger partial charge in [-0.05, 0) is 234 Å². The first-order chi connectivity index (χ1) is 68.7. The molecule has 3 radical (unpaired) electrons. The number of hydrogen-bond acceptors (Lipinski definition) is 15. The summed E-state index contributed by atoms with van der Waals surface area (Å²) in [4.78, 5) is 63.7. The molecule has 9 aromatic heterocycles. The molecule has 0 bridgehead atoms. The number of aromatic nitrogens is 6. The Morgan fingerprint density at radius 1 is 0.347 bits per heavy atom. The van der Waals surface area contributed by atoms with Gasteiger partial charge in [0.25, 0.3) is 0 Å². The molecule has 20 rings (SSSR count). The van der Waals surface area contributed by atoms with Gasteiger partial charge in [0.2, 0.25) is 17.1 Å². The number of aliphatic hydroxyl groups excluding tert-OH is 3. The summed E-state index contributed by atoms with van der Waals surface area (Å²) >= 11 is 0. The zero-order chi connectivity index (χ0) is 99.3. The van der Waals surface area contributed by atoms with E-state index in [4.69, 9.17) is 28.2 Å². The van der Waals surface area contributed by atoms with E-state index in [2.05, 4.69) is 211 Å². The molecular formula is C126H131Ir3N6O9-3. The molecule has 1 aliphatic rings. The molecule has 9 heterocycles. The average Bonchev–Trinajstić information content (AvgIpc) is 1.61. The van der Waals surface area contributed by atoms with E-state index in [1.807, 2.05) is 150 Å². The van der Waals surface area contributed by atoms with Crippen LogP contribution >= 0.6 is 0 Å². The summed E-state index contributed by atoms with van der Waals surface area (Å²) in [5.74, 6) is 2.75. The second-order valence-electron chi connectivity index (χ2n) is 37.5. The molecule has 0 atom stereocenters. The van der Waals surface area contributed by atoms with Crippen molar-refractivity contribution in [1.29, 1.82) is 0 Å². The van der Waals surface area contributed by atoms with Crippen LogP contribution in [0.25, 0.3) is 176 Å². The molecule has 749 valence electrons. The van der Waals surface area contributed by atoms with Crippen molar-refractivity contribution in [3.05, 3.63) is 314 Å². The minimum Gasteiger partial charge on any atom is -0.512 e. The Morgan fingerprint density at radius 3 is 1.02 bits per heavy atom. The van der Waals surface area contributed by atoms with E-state index >= 15 is 0 Å². The van der Waals surface area contributed by atoms with Crippen LogP contribution in [0.3, 0.4) is 0 Å². The number of fused-ring (bicyclic) bond motifs is 18. The summed E-state index contributed by atoms with van der Waals surface area (Å²) in [5.41, 5.74) is 17.6. The van der Waals surface area contributed by atoms with Gasteiger partial charge in [0.1, 0.15) is 0 Å². The van der Waals surface area contributed by atoms with Gasteiger partial charge in [-0.3, -0.25) is 29.3 Å². The molecular weight excluding hydrogens is 2320 g/mol. The molecule has 3 N–H and O–H groups in total. The van der Waals surface area contributed by atoms with Crippen molar-refractivity contribution in [2.24, 2.45) is 41.4 Å². The fraction of sp³-hybridized carbons (Fsp3) is 0.310. The molecule has 15 nitrogen and oxygen atoms in total. The SMILES string of the molecule is CC(C)Cc1cc(-c2[c-]ccc3c2oc2ncccc23)nc2ccc3ccccc3c12.CCC(CC)C(=O)C=C(O)C(CC)CC.CCC(CC)C(=O)C=C(O)C(CC)CC.CCC(CC)C(=O)C=C(O)C(CC)CC.[Ir].[Ir].[Ir].[c-]1ccc2c(oc3ncccc32)c1-c1cc(-c2ccccc2)c2c(ccc3ccccc32)n1.[c-]1ccc2c(oc3ncccc32)c1-c1cc(C2CCCC2)c2c(ccc3ccccc32)n1. The Kier molecular flexibility index (Phi) is 40.2. The molecule has 1 aliphatic carbocycles. The number of furan rings is 3. The topological polar surface area (TPSA) is 229 Å². The molecule has 19 aromatic rings. The number of allylic oxidation sites excluding steroid dienone is 6. The van der Waals surface area contributed by atoms with Crippen LogP contribution in [0.5, 0.6) is 0 Å². The fourth-order valence-electron chi connectivity index (χ4n) is 20.2. The van der Waals surface area contributed by atoms with E-state index < -0.39 is 0 Å². The van der Waals surface area contributed by atoms with Crippen LogP contribution in [0.4, 0.5) is 0 Å². The van der Waals surface area contributed by atoms with Crippen LogP contribution in [0.15, 0.2) is 298 Å². The predicted molar refractivity (Wildman–Crippen MR) is 583 cm³/mol. The summed E-state index contributed by atoms with van der Waals surface area (Å²) in [5, 5.41) is 46.6. The maximum absolute atomic E-state index is 11.7. The van der Waals surface area contributed by atoms with Gasteiger partial charge in [0.15, 0.2) is 17.3 Å². The third kappa shape index (κ3) is 24.9. The van der Waals surface area contributed by atoms with Gasteiger partial charge in [-0.25, -0.2) is 15.0 Å². The van der Waals surface area contributed by atoms with Crippen molar-refractivity contribution in [2.45, 2.75) is 212 Å². The zero-order valence-corrected chi connectivity index (χ0v) is 92.2. The zero-order valence-electron chi connectivity index (χ0n) is 85.0. The van der Waals surface area contributed by atoms with E-state index in [1.54, 1.807) is 18.6 Å². The molecule has 144 heavy (non-hydrogen) atoms. The van der Waals surface area contributed by atoms with Crippen molar-refractivity contribution < 1.29 is 103 Å². The first kappa shape index (κ1) is 110. The fourth-order valence-corrected chi connectivity index (χ4v) is 20.2. The second-order valence-corrected chi connectivity index (χ2v) is 37.5. The van der Waals surface area contributed by atoms with E-state index in [-0.39, 0.29) is 130 Å². The quantitative estimate of drug-likeness (QED) is 0.0179. The van der Waals surface area contributed by atoms with Gasteiger partial charge in [0.05, 0.1) is 50.6 Å². The molecule has 1 saturated carbocycles. The molecule has 10 aromatic carbocycles. The number of hydrogen-bond donors (Lipinski definition) is 3. The number of rotatable bonds is 28. The van der Waals surface area contributed by atoms with E-state index in [0.29, 0.717) is 29.0 Å². The minimum absolute atomic E-state index is 0. The summed E-state index contributed by atoms with van der Waals surface area (Å²) in [6.45, 7) is 28.7. The van der Waals surface area contributed by atoms with Gasteiger partial charge in [-0.1, -0.05) is 282 Å².